The van der Waals surface area contributed by atoms with Gasteiger partial charge >= 0.3 is 0 Å². The van der Waals surface area contributed by atoms with E-state index in [2.05, 4.69) is 10.6 Å². The summed E-state index contributed by atoms with van der Waals surface area (Å²) in [5, 5.41) is 6.37. The van der Waals surface area contributed by atoms with Crippen molar-refractivity contribution in [1.82, 2.24) is 5.32 Å². The van der Waals surface area contributed by atoms with Gasteiger partial charge in [0, 0.05) is 18.4 Å². The van der Waals surface area contributed by atoms with Crippen LogP contribution in [-0.2, 0) is 9.59 Å². The molecule has 120 valence electrons. The smallest absolute Gasteiger partial charge is 0.227 e. The molecule has 22 heavy (non-hydrogen) atoms. The number of rotatable bonds is 5. The van der Waals surface area contributed by atoms with Gasteiger partial charge in [-0.25, -0.2) is 0 Å². The molecule has 0 radical (unpaired) electrons. The molecule has 0 aromatic heterocycles. The van der Waals surface area contributed by atoms with Crippen molar-refractivity contribution in [3.63, 3.8) is 0 Å². The second-order valence-electron chi connectivity index (χ2n) is 5.81. The van der Waals surface area contributed by atoms with Crippen molar-refractivity contribution in [2.75, 3.05) is 11.9 Å². The minimum absolute atomic E-state index is 0.000478. The van der Waals surface area contributed by atoms with E-state index >= 15 is 0 Å². The number of halogens is 1. The van der Waals surface area contributed by atoms with E-state index in [4.69, 9.17) is 11.6 Å². The first-order valence-electron chi connectivity index (χ1n) is 7.95. The number of hydrogen-bond donors (Lipinski definition) is 2. The lowest BCUT2D eigenvalue weighted by Gasteiger charge is -2.27. The average molecular weight is 323 g/mol. The fraction of sp³-hybridized carbons (Fsp3) is 0.529. The van der Waals surface area contributed by atoms with E-state index in [1.165, 1.54) is 0 Å². The van der Waals surface area contributed by atoms with Crippen molar-refractivity contribution in [3.05, 3.63) is 29.3 Å². The molecule has 1 aliphatic carbocycles. The van der Waals surface area contributed by atoms with Gasteiger partial charge in [0.2, 0.25) is 11.8 Å². The number of benzene rings is 1. The predicted octanol–water partition coefficient (Wildman–Crippen LogP) is 3.61. The van der Waals surface area contributed by atoms with Gasteiger partial charge in [0.15, 0.2) is 0 Å². The highest BCUT2D eigenvalue weighted by Crippen LogP contribution is 2.30. The number of carbonyl (C=O) groups excluding carboxylic acids is 2. The van der Waals surface area contributed by atoms with Crippen LogP contribution in [0.1, 0.15) is 39.0 Å². The Morgan fingerprint density at radius 1 is 1.09 bits per heavy atom. The summed E-state index contributed by atoms with van der Waals surface area (Å²) in [5.74, 6) is 0.148. The molecule has 0 saturated heterocycles. The van der Waals surface area contributed by atoms with E-state index in [0.29, 0.717) is 10.7 Å². The van der Waals surface area contributed by atoms with E-state index in [1.54, 1.807) is 12.1 Å². The molecule has 0 bridgehead atoms. The lowest BCUT2D eigenvalue weighted by Crippen LogP contribution is -2.35. The highest BCUT2D eigenvalue weighted by molar-refractivity contribution is 6.33. The summed E-state index contributed by atoms with van der Waals surface area (Å²) in [6.07, 6.45) is 3.99. The Kier molecular flexibility index (Phi) is 6.25. The molecule has 2 amide bonds. The molecule has 0 heterocycles. The second kappa shape index (κ2) is 8.18. The monoisotopic (exact) mass is 322 g/mol. The molecule has 1 aliphatic rings. The topological polar surface area (TPSA) is 58.2 Å². The van der Waals surface area contributed by atoms with Crippen LogP contribution in [0.25, 0.3) is 0 Å². The van der Waals surface area contributed by atoms with Crippen LogP contribution in [0.5, 0.6) is 0 Å². The molecule has 0 spiro atoms. The van der Waals surface area contributed by atoms with E-state index in [9.17, 15) is 9.59 Å². The molecular formula is C17H23ClN2O2. The Hall–Kier alpha value is -1.55. The summed E-state index contributed by atoms with van der Waals surface area (Å²) in [4.78, 5) is 24.2. The summed E-state index contributed by atoms with van der Waals surface area (Å²) >= 11 is 6.05. The van der Waals surface area contributed by atoms with Crippen molar-refractivity contribution in [2.24, 2.45) is 11.8 Å². The van der Waals surface area contributed by atoms with Gasteiger partial charge in [0.25, 0.3) is 0 Å². The zero-order chi connectivity index (χ0) is 15.9. The zero-order valence-corrected chi connectivity index (χ0v) is 13.7. The van der Waals surface area contributed by atoms with Gasteiger partial charge in [-0.3, -0.25) is 9.59 Å². The third-order valence-electron chi connectivity index (χ3n) is 4.15. The van der Waals surface area contributed by atoms with Crippen LogP contribution >= 0.6 is 11.6 Å². The Morgan fingerprint density at radius 2 is 1.68 bits per heavy atom. The molecule has 5 heteroatoms. The van der Waals surface area contributed by atoms with Crippen molar-refractivity contribution >= 4 is 29.1 Å². The molecule has 1 aromatic carbocycles. The summed E-state index contributed by atoms with van der Waals surface area (Å²) in [6.45, 7) is 2.77. The maximum Gasteiger partial charge on any atom is 0.227 e. The molecule has 2 rings (SSSR count). The molecule has 1 saturated carbocycles. The van der Waals surface area contributed by atoms with Crippen LogP contribution in [0, 0.1) is 11.8 Å². The molecule has 4 nitrogen and oxygen atoms in total. The SMILES string of the molecule is CCCNC(=O)C1CCC(C(=O)Nc2ccccc2Cl)CC1. The third-order valence-corrected chi connectivity index (χ3v) is 4.48. The maximum atomic E-state index is 12.3. The average Bonchev–Trinajstić information content (AvgIpc) is 2.55. The van der Waals surface area contributed by atoms with Crippen molar-refractivity contribution < 1.29 is 9.59 Å². The highest BCUT2D eigenvalue weighted by Gasteiger charge is 2.29. The zero-order valence-electron chi connectivity index (χ0n) is 12.9. The van der Waals surface area contributed by atoms with Crippen LogP contribution in [0.15, 0.2) is 24.3 Å². The van der Waals surface area contributed by atoms with Crippen LogP contribution < -0.4 is 10.6 Å². The summed E-state index contributed by atoms with van der Waals surface area (Å²) in [7, 11) is 0. The number of para-hydroxylation sites is 1. The number of amides is 2. The van der Waals surface area contributed by atoms with Crippen molar-refractivity contribution in [2.45, 2.75) is 39.0 Å². The number of nitrogens with one attached hydrogen (secondary N) is 2. The Bertz CT molecular complexity index is 525. The Balaban J connectivity index is 1.82. The van der Waals surface area contributed by atoms with Crippen LogP contribution in [-0.4, -0.2) is 18.4 Å². The van der Waals surface area contributed by atoms with Gasteiger partial charge in [-0.05, 0) is 44.2 Å². The fourth-order valence-electron chi connectivity index (χ4n) is 2.81. The second-order valence-corrected chi connectivity index (χ2v) is 6.22. The van der Waals surface area contributed by atoms with E-state index < -0.39 is 0 Å². The molecule has 0 atom stereocenters. The van der Waals surface area contributed by atoms with Gasteiger partial charge in [-0.15, -0.1) is 0 Å². The normalized spacial score (nSPS) is 21.2. The quantitative estimate of drug-likeness (QED) is 0.870. The van der Waals surface area contributed by atoms with E-state index in [-0.39, 0.29) is 23.7 Å². The maximum absolute atomic E-state index is 12.3. The molecular weight excluding hydrogens is 300 g/mol. The fourth-order valence-corrected chi connectivity index (χ4v) is 2.99. The first-order valence-corrected chi connectivity index (χ1v) is 8.32. The number of carbonyl (C=O) groups is 2. The first kappa shape index (κ1) is 16.8. The third kappa shape index (κ3) is 4.47. The van der Waals surface area contributed by atoms with Gasteiger partial charge < -0.3 is 10.6 Å². The van der Waals surface area contributed by atoms with Gasteiger partial charge in [-0.2, -0.15) is 0 Å². The van der Waals surface area contributed by atoms with E-state index in [1.807, 2.05) is 19.1 Å². The molecule has 0 unspecified atom stereocenters. The van der Waals surface area contributed by atoms with Crippen molar-refractivity contribution in [1.29, 1.82) is 0 Å². The number of anilines is 1. The Labute approximate surface area is 136 Å². The van der Waals surface area contributed by atoms with Crippen LogP contribution in [0.4, 0.5) is 5.69 Å². The highest BCUT2D eigenvalue weighted by atomic mass is 35.5. The lowest BCUT2D eigenvalue weighted by atomic mass is 9.81. The lowest BCUT2D eigenvalue weighted by molar-refractivity contribution is -0.128. The van der Waals surface area contributed by atoms with E-state index in [0.717, 1.165) is 38.6 Å². The summed E-state index contributed by atoms with van der Waals surface area (Å²) in [5.41, 5.74) is 0.650. The van der Waals surface area contributed by atoms with Gasteiger partial charge in [-0.1, -0.05) is 30.7 Å². The Morgan fingerprint density at radius 3 is 2.27 bits per heavy atom. The summed E-state index contributed by atoms with van der Waals surface area (Å²) < 4.78 is 0. The minimum Gasteiger partial charge on any atom is -0.356 e. The van der Waals surface area contributed by atoms with Gasteiger partial charge in [0.05, 0.1) is 10.7 Å². The largest absolute Gasteiger partial charge is 0.356 e. The van der Waals surface area contributed by atoms with Crippen molar-refractivity contribution in [3.8, 4) is 0 Å². The predicted molar refractivity (Wildman–Crippen MR) is 88.8 cm³/mol. The minimum atomic E-state index is -0.0357. The molecule has 1 aromatic rings. The molecule has 1 fully saturated rings. The van der Waals surface area contributed by atoms with Crippen LogP contribution in [0.3, 0.4) is 0 Å². The van der Waals surface area contributed by atoms with Gasteiger partial charge in [0.1, 0.15) is 0 Å². The molecule has 0 aliphatic heterocycles. The number of hydrogen-bond acceptors (Lipinski definition) is 2. The standard InChI is InChI=1S/C17H23ClN2O2/c1-2-11-19-16(21)12-7-9-13(10-8-12)17(22)20-15-6-4-3-5-14(15)18/h3-6,12-13H,2,7-11H2,1H3,(H,19,21)(H,20,22). The molecule has 2 N–H and O–H groups in total. The first-order chi connectivity index (χ1) is 10.6. The van der Waals surface area contributed by atoms with Crippen LogP contribution in [0.2, 0.25) is 5.02 Å². The summed E-state index contributed by atoms with van der Waals surface area (Å²) in [6, 6.07) is 7.23.